The van der Waals surface area contributed by atoms with E-state index in [1.807, 2.05) is 0 Å². The van der Waals surface area contributed by atoms with Gasteiger partial charge in [-0.15, -0.1) is 11.6 Å². The average Bonchev–Trinajstić information content (AvgIpc) is 2.79. The second-order valence-electron chi connectivity index (χ2n) is 6.98. The van der Waals surface area contributed by atoms with Crippen molar-refractivity contribution in [3.63, 3.8) is 0 Å². The van der Waals surface area contributed by atoms with Crippen LogP contribution in [0.1, 0.15) is 19.3 Å². The van der Waals surface area contributed by atoms with E-state index in [1.165, 1.54) is 24.3 Å². The summed E-state index contributed by atoms with van der Waals surface area (Å²) >= 11 is 5.56. The largest absolute Gasteiger partial charge is 0.508 e. The van der Waals surface area contributed by atoms with Crippen LogP contribution in [-0.2, 0) is 13.7 Å². The van der Waals surface area contributed by atoms with Crippen LogP contribution < -0.4 is 0 Å². The van der Waals surface area contributed by atoms with Crippen molar-refractivity contribution in [2.45, 2.75) is 39.2 Å². The minimum absolute atomic E-state index is 0.0440. The van der Waals surface area contributed by atoms with Crippen molar-refractivity contribution in [3.05, 3.63) is 84.9 Å². The highest BCUT2D eigenvalue weighted by molar-refractivity contribution is 8.33. The van der Waals surface area contributed by atoms with Gasteiger partial charge >= 0.3 is 15.4 Å². The molecule has 0 aliphatic rings. The molecule has 32 heavy (non-hydrogen) atoms. The fraction of sp³-hybridized carbons (Fsp3) is 0.217. The van der Waals surface area contributed by atoms with E-state index in [0.717, 1.165) is 0 Å². The van der Waals surface area contributed by atoms with Gasteiger partial charge in [-0.25, -0.2) is 3.63 Å². The Hall–Kier alpha value is -2.13. The number of benzene rings is 3. The molecule has 0 heterocycles. The molecular formula is C23H23ClF2O4S2. The summed E-state index contributed by atoms with van der Waals surface area (Å²) in [6, 6.07) is 22.6. The molecule has 0 saturated carbocycles. The van der Waals surface area contributed by atoms with Gasteiger partial charge in [-0.1, -0.05) is 36.4 Å². The van der Waals surface area contributed by atoms with E-state index in [4.69, 9.17) is 15.2 Å². The Morgan fingerprint density at radius 3 is 1.72 bits per heavy atom. The maximum absolute atomic E-state index is 14.9. The molecule has 0 radical (unpaired) electrons. The van der Waals surface area contributed by atoms with Crippen molar-refractivity contribution in [2.75, 3.05) is 5.88 Å². The third-order valence-electron chi connectivity index (χ3n) is 4.73. The zero-order valence-corrected chi connectivity index (χ0v) is 19.4. The predicted octanol–water partition coefficient (Wildman–Crippen LogP) is 6.94. The van der Waals surface area contributed by atoms with Gasteiger partial charge in [0.05, 0.1) is 0 Å². The number of aromatic hydroxyl groups is 1. The van der Waals surface area contributed by atoms with Crippen LogP contribution in [0.4, 0.5) is 8.78 Å². The monoisotopic (exact) mass is 500 g/mol. The Morgan fingerprint density at radius 2 is 1.25 bits per heavy atom. The molecule has 1 N–H and O–H groups in total. The van der Waals surface area contributed by atoms with E-state index < -0.39 is 32.1 Å². The summed E-state index contributed by atoms with van der Waals surface area (Å²) in [6.07, 6.45) is -0.686. The lowest BCUT2D eigenvalue weighted by Gasteiger charge is -2.40. The highest BCUT2D eigenvalue weighted by Gasteiger charge is 2.50. The Kier molecular flexibility index (Phi) is 7.82. The summed E-state index contributed by atoms with van der Waals surface area (Å²) in [5.74, 6) is 0.116. The van der Waals surface area contributed by atoms with Crippen LogP contribution in [0, 0.1) is 0 Å². The molecule has 0 spiro atoms. The molecule has 0 aromatic heterocycles. The summed E-state index contributed by atoms with van der Waals surface area (Å²) in [5, 5.41) is 5.67. The number of phenols is 1. The van der Waals surface area contributed by atoms with E-state index in [9.17, 15) is 22.3 Å². The average molecular weight is 501 g/mol. The topological polar surface area (TPSA) is 63.6 Å². The van der Waals surface area contributed by atoms with Gasteiger partial charge in [0.1, 0.15) is 5.75 Å². The normalized spacial score (nSPS) is 13.1. The van der Waals surface area contributed by atoms with Gasteiger partial charge in [0, 0.05) is 27.0 Å². The number of halogens is 3. The minimum Gasteiger partial charge on any atom is -0.508 e. The first-order valence-corrected chi connectivity index (χ1v) is 13.3. The van der Waals surface area contributed by atoms with E-state index >= 15 is 0 Å². The molecule has 3 rings (SSSR count). The molecule has 172 valence electrons. The van der Waals surface area contributed by atoms with Crippen LogP contribution in [0.15, 0.2) is 99.6 Å². The first-order valence-electron chi connectivity index (χ1n) is 9.85. The lowest BCUT2D eigenvalue weighted by Crippen LogP contribution is -2.32. The molecule has 0 aliphatic carbocycles. The fourth-order valence-electron chi connectivity index (χ4n) is 3.12. The maximum Gasteiger partial charge on any atom is 0.371 e. The van der Waals surface area contributed by atoms with Crippen LogP contribution in [-0.4, -0.2) is 24.7 Å². The van der Waals surface area contributed by atoms with Gasteiger partial charge < -0.3 is 5.11 Å². The lowest BCUT2D eigenvalue weighted by molar-refractivity contribution is 0.0711. The number of unbranched alkanes of at least 4 members (excludes halogenated alkanes) is 1. The second kappa shape index (κ2) is 10.2. The molecule has 4 nitrogen and oxygen atoms in total. The van der Waals surface area contributed by atoms with Gasteiger partial charge in [0.2, 0.25) is 0 Å². The zero-order valence-electron chi connectivity index (χ0n) is 17.0. The van der Waals surface area contributed by atoms with Crippen LogP contribution in [0.25, 0.3) is 0 Å². The third-order valence-corrected chi connectivity index (χ3v) is 10.3. The molecule has 0 bridgehead atoms. The van der Waals surface area contributed by atoms with Crippen molar-refractivity contribution in [1.82, 2.24) is 0 Å². The summed E-state index contributed by atoms with van der Waals surface area (Å²) in [4.78, 5) is 1.21. The van der Waals surface area contributed by atoms with Gasteiger partial charge in [0.15, 0.2) is 0 Å². The number of hydrogen-bond donors (Lipinski definition) is 1. The Morgan fingerprint density at radius 1 is 0.781 bits per heavy atom. The first kappa shape index (κ1) is 24.5. The molecule has 0 atom stereocenters. The van der Waals surface area contributed by atoms with Crippen molar-refractivity contribution in [2.24, 2.45) is 0 Å². The van der Waals surface area contributed by atoms with Gasteiger partial charge in [0.25, 0.3) is 0 Å². The Balaban J connectivity index is 2.23. The molecule has 0 fully saturated rings. The first-order chi connectivity index (χ1) is 15.2. The summed E-state index contributed by atoms with van der Waals surface area (Å²) in [7, 11) is -8.48. The zero-order chi connectivity index (χ0) is 23.2. The third kappa shape index (κ3) is 5.09. The highest BCUT2D eigenvalue weighted by atomic mass is 35.5. The summed E-state index contributed by atoms with van der Waals surface area (Å²) in [6.45, 7) is 0. The number of alkyl halides is 3. The van der Waals surface area contributed by atoms with Crippen molar-refractivity contribution in [1.29, 1.82) is 0 Å². The van der Waals surface area contributed by atoms with Crippen molar-refractivity contribution in [3.8, 4) is 5.75 Å². The second-order valence-corrected chi connectivity index (χ2v) is 11.9. The molecule has 3 aromatic rings. The smallest absolute Gasteiger partial charge is 0.371 e. The molecule has 9 heteroatoms. The van der Waals surface area contributed by atoms with Crippen LogP contribution in [0.5, 0.6) is 5.75 Å². The van der Waals surface area contributed by atoms with Crippen LogP contribution in [0.2, 0.25) is 0 Å². The van der Waals surface area contributed by atoms with Gasteiger partial charge in [-0.2, -0.15) is 17.2 Å². The summed E-state index contributed by atoms with van der Waals surface area (Å²) in [5.41, 5.74) is 0. The molecular weight excluding hydrogens is 478 g/mol. The van der Waals surface area contributed by atoms with E-state index in [0.29, 0.717) is 14.7 Å². The molecule has 0 unspecified atom stereocenters. The van der Waals surface area contributed by atoms with E-state index in [1.54, 1.807) is 60.7 Å². The van der Waals surface area contributed by atoms with Crippen molar-refractivity contribution >= 4 is 32.0 Å². The van der Waals surface area contributed by atoms with E-state index in [-0.39, 0.29) is 24.5 Å². The highest BCUT2D eigenvalue weighted by Crippen LogP contribution is 2.70. The van der Waals surface area contributed by atoms with Crippen molar-refractivity contribution < 1.29 is 25.9 Å². The van der Waals surface area contributed by atoms with E-state index in [2.05, 4.69) is 0 Å². The number of hydrogen-bond acceptors (Lipinski definition) is 4. The van der Waals surface area contributed by atoms with Gasteiger partial charge in [-0.05, 0) is 71.7 Å². The van der Waals surface area contributed by atoms with Crippen LogP contribution >= 0.6 is 21.9 Å². The number of phenolic OH excluding ortho intramolecular Hbond substituents is 1. The summed E-state index contributed by atoms with van der Waals surface area (Å²) < 4.78 is 61.4. The SMILES string of the molecule is O=S(=O)(OS(c1ccccc1)(c1ccccc1)c1ccc(O)cc1)C(F)(F)CCCCCl. The molecule has 0 amide bonds. The number of rotatable bonds is 10. The fourth-order valence-corrected chi connectivity index (χ4v) is 8.54. The molecule has 3 aromatic carbocycles. The molecule has 0 aliphatic heterocycles. The van der Waals surface area contributed by atoms with Crippen LogP contribution in [0.3, 0.4) is 0 Å². The minimum atomic E-state index is -5.35. The quantitative estimate of drug-likeness (QED) is 0.242. The lowest BCUT2D eigenvalue weighted by atomic mass is 10.2. The maximum atomic E-state index is 14.9. The standard InChI is InChI=1S/C23H23ClF2O4S2/c24-18-8-7-17-23(25,26)32(28,29)30-31(20-9-3-1-4-10-20,21-11-5-2-6-12-21)22-15-13-19(27)14-16-22/h1-6,9-16,27H,7-8,17-18H2. The van der Waals surface area contributed by atoms with Gasteiger partial charge in [-0.3, -0.25) is 0 Å². The molecule has 0 saturated heterocycles. The Labute approximate surface area is 193 Å². The predicted molar refractivity (Wildman–Crippen MR) is 123 cm³/mol. The Bertz CT molecular complexity index is 1070.